The van der Waals surface area contributed by atoms with Gasteiger partial charge in [-0.3, -0.25) is 14.2 Å². The van der Waals surface area contributed by atoms with E-state index in [0.717, 1.165) is 12.8 Å². The van der Waals surface area contributed by atoms with Crippen LogP contribution in [0.25, 0.3) is 10.2 Å². The number of benzene rings is 1. The number of nitriles is 1. The minimum Gasteiger partial charge on any atom is -0.321 e. The van der Waals surface area contributed by atoms with Gasteiger partial charge in [-0.25, -0.2) is 4.98 Å². The smallest absolute Gasteiger partial charge is 0.266 e. The molecule has 26 heavy (non-hydrogen) atoms. The van der Waals surface area contributed by atoms with Crippen LogP contribution in [0.3, 0.4) is 0 Å². The molecule has 3 rings (SSSR count). The van der Waals surface area contributed by atoms with Gasteiger partial charge in [0, 0.05) is 12.2 Å². The molecule has 0 aliphatic rings. The van der Waals surface area contributed by atoms with Crippen molar-refractivity contribution >= 4 is 33.1 Å². The number of hydrogen-bond donors (Lipinski definition) is 1. The first-order valence-corrected chi connectivity index (χ1v) is 9.16. The molecule has 2 heterocycles. The Bertz CT molecular complexity index is 1080. The van der Waals surface area contributed by atoms with Crippen molar-refractivity contribution in [3.05, 3.63) is 57.0 Å². The van der Waals surface area contributed by atoms with Crippen LogP contribution in [-0.2, 0) is 6.54 Å². The van der Waals surface area contributed by atoms with Crippen molar-refractivity contribution in [2.75, 3.05) is 5.32 Å². The number of amides is 1. The van der Waals surface area contributed by atoms with Crippen LogP contribution in [0.5, 0.6) is 0 Å². The van der Waals surface area contributed by atoms with Crippen LogP contribution in [0.15, 0.2) is 35.4 Å². The number of aryl methyl sites for hydroxylation is 2. The molecule has 132 valence electrons. The SMILES string of the molecule is CCCCn1cnc2sc(C(=O)Nc3cccc(C#N)c3)c(C)c2c1=O. The lowest BCUT2D eigenvalue weighted by Gasteiger charge is -2.05. The van der Waals surface area contributed by atoms with Crippen LogP contribution < -0.4 is 10.9 Å². The maximum absolute atomic E-state index is 12.7. The summed E-state index contributed by atoms with van der Waals surface area (Å²) < 4.78 is 1.60. The van der Waals surface area contributed by atoms with Gasteiger partial charge in [0.2, 0.25) is 0 Å². The van der Waals surface area contributed by atoms with Crippen molar-refractivity contribution in [2.45, 2.75) is 33.2 Å². The van der Waals surface area contributed by atoms with Crippen molar-refractivity contribution in [1.82, 2.24) is 9.55 Å². The van der Waals surface area contributed by atoms with Gasteiger partial charge in [0.15, 0.2) is 0 Å². The molecule has 0 atom stereocenters. The highest BCUT2D eigenvalue weighted by Crippen LogP contribution is 2.27. The van der Waals surface area contributed by atoms with Gasteiger partial charge in [-0.15, -0.1) is 11.3 Å². The first-order valence-electron chi connectivity index (χ1n) is 8.35. The van der Waals surface area contributed by atoms with E-state index in [9.17, 15) is 9.59 Å². The lowest BCUT2D eigenvalue weighted by atomic mass is 10.2. The predicted octanol–water partition coefficient (Wildman–Crippen LogP) is 3.69. The molecule has 7 heteroatoms. The van der Waals surface area contributed by atoms with Gasteiger partial charge in [0.05, 0.1) is 28.2 Å². The summed E-state index contributed by atoms with van der Waals surface area (Å²) in [6, 6.07) is 8.75. The molecule has 0 saturated carbocycles. The molecule has 6 nitrogen and oxygen atoms in total. The number of hydrogen-bond acceptors (Lipinski definition) is 5. The Morgan fingerprint density at radius 1 is 1.42 bits per heavy atom. The third-order valence-corrected chi connectivity index (χ3v) is 5.32. The molecule has 0 spiro atoms. The van der Waals surface area contributed by atoms with E-state index in [1.165, 1.54) is 11.3 Å². The molecule has 0 unspecified atom stereocenters. The predicted molar refractivity (Wildman–Crippen MR) is 103 cm³/mol. The molecule has 0 saturated heterocycles. The van der Waals surface area contributed by atoms with Crippen LogP contribution in [0.1, 0.15) is 40.6 Å². The zero-order valence-corrected chi connectivity index (χ0v) is 15.4. The van der Waals surface area contributed by atoms with E-state index in [-0.39, 0.29) is 11.5 Å². The zero-order chi connectivity index (χ0) is 18.7. The summed E-state index contributed by atoms with van der Waals surface area (Å²) in [7, 11) is 0. The van der Waals surface area contributed by atoms with Crippen LogP contribution >= 0.6 is 11.3 Å². The average Bonchev–Trinajstić information content (AvgIpc) is 2.99. The normalized spacial score (nSPS) is 10.7. The first kappa shape index (κ1) is 17.8. The molecule has 0 fully saturated rings. The van der Waals surface area contributed by atoms with Gasteiger partial charge >= 0.3 is 0 Å². The fourth-order valence-corrected chi connectivity index (χ4v) is 3.75. The number of fused-ring (bicyclic) bond motifs is 1. The Hall–Kier alpha value is -2.98. The molecular weight excluding hydrogens is 348 g/mol. The van der Waals surface area contributed by atoms with Crippen LogP contribution in [0.2, 0.25) is 0 Å². The number of aromatic nitrogens is 2. The maximum Gasteiger partial charge on any atom is 0.266 e. The zero-order valence-electron chi connectivity index (χ0n) is 14.6. The van der Waals surface area contributed by atoms with Crippen LogP contribution in [-0.4, -0.2) is 15.5 Å². The summed E-state index contributed by atoms with van der Waals surface area (Å²) in [5, 5.41) is 12.3. The van der Waals surface area contributed by atoms with Crippen molar-refractivity contribution in [3.8, 4) is 6.07 Å². The molecule has 3 aromatic rings. The minimum atomic E-state index is -0.305. The van der Waals surface area contributed by atoms with E-state index < -0.39 is 0 Å². The summed E-state index contributed by atoms with van der Waals surface area (Å²) in [6.07, 6.45) is 3.44. The molecular formula is C19H18N4O2S. The second-order valence-electron chi connectivity index (χ2n) is 5.98. The molecule has 0 aliphatic carbocycles. The van der Waals surface area contributed by atoms with Crippen molar-refractivity contribution in [3.63, 3.8) is 0 Å². The van der Waals surface area contributed by atoms with Crippen molar-refractivity contribution in [1.29, 1.82) is 5.26 Å². The van der Waals surface area contributed by atoms with E-state index >= 15 is 0 Å². The number of nitrogens with one attached hydrogen (secondary N) is 1. The average molecular weight is 366 g/mol. The molecule has 1 N–H and O–H groups in total. The Morgan fingerprint density at radius 2 is 2.23 bits per heavy atom. The van der Waals surface area contributed by atoms with E-state index in [2.05, 4.69) is 17.2 Å². The third-order valence-electron chi connectivity index (χ3n) is 4.13. The topological polar surface area (TPSA) is 87.8 Å². The standard InChI is InChI=1S/C19H18N4O2S/c1-3-4-8-23-11-21-18-15(19(23)25)12(2)16(26-18)17(24)22-14-7-5-6-13(9-14)10-20/h5-7,9,11H,3-4,8H2,1-2H3,(H,22,24). The second kappa shape index (κ2) is 7.50. The Morgan fingerprint density at radius 3 is 2.96 bits per heavy atom. The van der Waals surface area contributed by atoms with Gasteiger partial charge in [0.25, 0.3) is 11.5 Å². The molecule has 1 amide bonds. The largest absolute Gasteiger partial charge is 0.321 e. The highest BCUT2D eigenvalue weighted by molar-refractivity contribution is 7.20. The number of thiophene rings is 1. The van der Waals surface area contributed by atoms with Gasteiger partial charge in [-0.05, 0) is 37.1 Å². The van der Waals surface area contributed by atoms with Gasteiger partial charge < -0.3 is 5.32 Å². The quantitative estimate of drug-likeness (QED) is 0.746. The van der Waals surface area contributed by atoms with Crippen molar-refractivity contribution < 1.29 is 4.79 Å². The lowest BCUT2D eigenvalue weighted by molar-refractivity contribution is 0.103. The summed E-state index contributed by atoms with van der Waals surface area (Å²) in [6.45, 7) is 4.46. The second-order valence-corrected chi connectivity index (χ2v) is 6.98. The van der Waals surface area contributed by atoms with E-state index in [1.807, 2.05) is 6.07 Å². The Balaban J connectivity index is 1.96. The number of unbranched alkanes of at least 4 members (excludes halogenated alkanes) is 1. The number of carbonyl (C=O) groups excluding carboxylic acids is 1. The molecule has 1 aromatic carbocycles. The Labute approximate surface area is 154 Å². The van der Waals surface area contributed by atoms with E-state index in [0.29, 0.717) is 38.5 Å². The summed E-state index contributed by atoms with van der Waals surface area (Å²) >= 11 is 1.21. The molecule has 0 aliphatic heterocycles. The monoisotopic (exact) mass is 366 g/mol. The summed E-state index contributed by atoms with van der Waals surface area (Å²) in [5.41, 5.74) is 1.54. The molecule has 0 bridgehead atoms. The molecule has 0 radical (unpaired) electrons. The van der Waals surface area contributed by atoms with E-state index in [1.54, 1.807) is 42.1 Å². The number of carbonyl (C=O) groups is 1. The summed E-state index contributed by atoms with van der Waals surface area (Å²) in [4.78, 5) is 30.7. The van der Waals surface area contributed by atoms with Gasteiger partial charge in [0.1, 0.15) is 4.83 Å². The number of nitrogens with zero attached hydrogens (tertiary/aromatic N) is 3. The third kappa shape index (κ3) is 3.37. The maximum atomic E-state index is 12.7. The fourth-order valence-electron chi connectivity index (χ4n) is 2.72. The number of anilines is 1. The van der Waals surface area contributed by atoms with Gasteiger partial charge in [-0.1, -0.05) is 19.4 Å². The molecule has 2 aromatic heterocycles. The lowest BCUT2D eigenvalue weighted by Crippen LogP contribution is -2.20. The van der Waals surface area contributed by atoms with Gasteiger partial charge in [-0.2, -0.15) is 5.26 Å². The highest BCUT2D eigenvalue weighted by Gasteiger charge is 2.19. The fraction of sp³-hybridized carbons (Fsp3) is 0.263. The Kier molecular flexibility index (Phi) is 5.14. The van der Waals surface area contributed by atoms with Crippen LogP contribution in [0, 0.1) is 18.3 Å². The number of rotatable bonds is 5. The first-order chi connectivity index (χ1) is 12.5. The highest BCUT2D eigenvalue weighted by atomic mass is 32.1. The minimum absolute atomic E-state index is 0.109. The van der Waals surface area contributed by atoms with Crippen molar-refractivity contribution in [2.24, 2.45) is 0 Å². The summed E-state index contributed by atoms with van der Waals surface area (Å²) in [5.74, 6) is -0.305. The van der Waals surface area contributed by atoms with Crippen LogP contribution in [0.4, 0.5) is 5.69 Å². The van der Waals surface area contributed by atoms with E-state index in [4.69, 9.17) is 5.26 Å².